The molecule has 0 aliphatic carbocycles. The van der Waals surface area contributed by atoms with Gasteiger partial charge in [0.2, 0.25) is 0 Å². The summed E-state index contributed by atoms with van der Waals surface area (Å²) in [5.74, 6) is -1.43. The number of amides is 1. The normalized spacial score (nSPS) is 11.6. The molecule has 1 amide bonds. The van der Waals surface area contributed by atoms with E-state index in [0.29, 0.717) is 0 Å². The lowest BCUT2D eigenvalue weighted by molar-refractivity contribution is -0.0498. The van der Waals surface area contributed by atoms with E-state index in [1.807, 2.05) is 0 Å². The number of ether oxygens (including phenoxy) is 1. The van der Waals surface area contributed by atoms with Crippen molar-refractivity contribution in [1.29, 1.82) is 0 Å². The first kappa shape index (κ1) is 15.4. The van der Waals surface area contributed by atoms with Gasteiger partial charge in [0.05, 0.1) is 6.20 Å². The van der Waals surface area contributed by atoms with Gasteiger partial charge in [0.25, 0.3) is 15.9 Å². The summed E-state index contributed by atoms with van der Waals surface area (Å²) < 4.78 is 55.3. The number of hydrogen-bond acceptors (Lipinski definition) is 6. The number of carbonyl (C=O) groups is 1. The summed E-state index contributed by atoms with van der Waals surface area (Å²) in [6, 6.07) is 1.16. The zero-order chi connectivity index (χ0) is 15.6. The average Bonchev–Trinajstić information content (AvgIpc) is 2.97. The molecule has 2 aromatic heterocycles. The van der Waals surface area contributed by atoms with Crippen LogP contribution in [0.2, 0.25) is 0 Å². The van der Waals surface area contributed by atoms with Gasteiger partial charge in [-0.2, -0.15) is 13.9 Å². The van der Waals surface area contributed by atoms with E-state index in [9.17, 15) is 22.0 Å². The molecule has 0 atom stereocenters. The smallest absolute Gasteiger partial charge is 0.387 e. The highest BCUT2D eigenvalue weighted by Gasteiger charge is 2.24. The fourth-order valence-electron chi connectivity index (χ4n) is 1.42. The van der Waals surface area contributed by atoms with Gasteiger partial charge in [0.1, 0.15) is 15.5 Å². The minimum Gasteiger partial charge on any atom is -0.433 e. The van der Waals surface area contributed by atoms with Crippen LogP contribution in [-0.2, 0) is 17.1 Å². The predicted molar refractivity (Wildman–Crippen MR) is 68.8 cm³/mol. The van der Waals surface area contributed by atoms with E-state index in [4.69, 9.17) is 0 Å². The number of thiophene rings is 1. The lowest BCUT2D eigenvalue weighted by Crippen LogP contribution is -2.30. The standard InChI is InChI=1S/C10H9F2N3O4S2/c1-15-5-6(4-13-15)21(17,18)14-9(16)8-7(2-3-20-8)19-10(11)12/h2-5,10H,1H3,(H,14,16). The number of sulfonamides is 1. The van der Waals surface area contributed by atoms with Gasteiger partial charge in [-0.05, 0) is 11.4 Å². The van der Waals surface area contributed by atoms with Crippen molar-refractivity contribution in [1.82, 2.24) is 14.5 Å². The average molecular weight is 337 g/mol. The highest BCUT2D eigenvalue weighted by Crippen LogP contribution is 2.26. The lowest BCUT2D eigenvalue weighted by Gasteiger charge is -2.06. The van der Waals surface area contributed by atoms with E-state index in [-0.39, 0.29) is 15.5 Å². The number of nitrogens with zero attached hydrogens (tertiary/aromatic N) is 2. The monoisotopic (exact) mass is 337 g/mol. The van der Waals surface area contributed by atoms with Gasteiger partial charge in [-0.25, -0.2) is 13.1 Å². The molecule has 2 rings (SSSR count). The highest BCUT2D eigenvalue weighted by molar-refractivity contribution is 7.90. The van der Waals surface area contributed by atoms with Crippen molar-refractivity contribution in [3.8, 4) is 5.75 Å². The van der Waals surface area contributed by atoms with Gasteiger partial charge in [-0.15, -0.1) is 11.3 Å². The molecule has 0 radical (unpaired) electrons. The summed E-state index contributed by atoms with van der Waals surface area (Å²) >= 11 is 0.785. The summed E-state index contributed by atoms with van der Waals surface area (Å²) in [6.45, 7) is -3.11. The minimum absolute atomic E-state index is 0.216. The molecule has 0 bridgehead atoms. The molecule has 0 aliphatic rings. The molecule has 2 aromatic rings. The van der Waals surface area contributed by atoms with E-state index in [1.165, 1.54) is 23.3 Å². The van der Waals surface area contributed by atoms with E-state index in [0.717, 1.165) is 23.6 Å². The summed E-state index contributed by atoms with van der Waals surface area (Å²) in [5.41, 5.74) is 0. The fraction of sp³-hybridized carbons (Fsp3) is 0.200. The number of hydrogen-bond donors (Lipinski definition) is 1. The first-order valence-electron chi connectivity index (χ1n) is 5.37. The molecule has 1 N–H and O–H groups in total. The zero-order valence-corrected chi connectivity index (χ0v) is 12.1. The minimum atomic E-state index is -4.13. The first-order chi connectivity index (χ1) is 9.79. The molecule has 21 heavy (non-hydrogen) atoms. The summed E-state index contributed by atoms with van der Waals surface area (Å²) in [5, 5.41) is 5.01. The third-order valence-electron chi connectivity index (χ3n) is 2.27. The number of carbonyl (C=O) groups excluding carboxylic acids is 1. The fourth-order valence-corrected chi connectivity index (χ4v) is 3.14. The second-order valence-electron chi connectivity index (χ2n) is 3.78. The quantitative estimate of drug-likeness (QED) is 0.885. The van der Waals surface area contributed by atoms with Crippen molar-refractivity contribution in [3.63, 3.8) is 0 Å². The third-order valence-corrected chi connectivity index (χ3v) is 4.45. The second kappa shape index (κ2) is 5.77. The molecule has 0 aromatic carbocycles. The van der Waals surface area contributed by atoms with Gasteiger partial charge in [0, 0.05) is 13.2 Å². The molecule has 0 spiro atoms. The maximum Gasteiger partial charge on any atom is 0.387 e. The van der Waals surface area contributed by atoms with Gasteiger partial charge >= 0.3 is 6.61 Å². The Balaban J connectivity index is 2.20. The van der Waals surface area contributed by atoms with E-state index in [1.54, 1.807) is 4.72 Å². The van der Waals surface area contributed by atoms with Crippen LogP contribution in [-0.4, -0.2) is 30.7 Å². The Labute approximate surface area is 122 Å². The number of nitrogens with one attached hydrogen (secondary N) is 1. The summed E-state index contributed by atoms with van der Waals surface area (Å²) in [4.78, 5) is 11.4. The second-order valence-corrected chi connectivity index (χ2v) is 6.38. The topological polar surface area (TPSA) is 90.3 Å². The van der Waals surface area contributed by atoms with Gasteiger partial charge in [-0.1, -0.05) is 0 Å². The van der Waals surface area contributed by atoms with Crippen molar-refractivity contribution < 1.29 is 26.7 Å². The molecule has 7 nitrogen and oxygen atoms in total. The van der Waals surface area contributed by atoms with Crippen LogP contribution in [0.25, 0.3) is 0 Å². The molecule has 11 heteroatoms. The lowest BCUT2D eigenvalue weighted by atomic mass is 10.4. The van der Waals surface area contributed by atoms with Crippen molar-refractivity contribution in [2.24, 2.45) is 7.05 Å². The number of rotatable bonds is 5. The van der Waals surface area contributed by atoms with Crippen molar-refractivity contribution in [2.45, 2.75) is 11.5 Å². The molecule has 0 aliphatic heterocycles. The van der Waals surface area contributed by atoms with E-state index >= 15 is 0 Å². The zero-order valence-electron chi connectivity index (χ0n) is 10.5. The molecule has 0 saturated heterocycles. The van der Waals surface area contributed by atoms with E-state index in [2.05, 4.69) is 9.84 Å². The Hall–Kier alpha value is -2.01. The molecular weight excluding hydrogens is 328 g/mol. The van der Waals surface area contributed by atoms with E-state index < -0.39 is 22.5 Å². The molecule has 0 saturated carbocycles. The highest BCUT2D eigenvalue weighted by atomic mass is 32.2. The van der Waals surface area contributed by atoms with Crippen LogP contribution >= 0.6 is 11.3 Å². The summed E-state index contributed by atoms with van der Waals surface area (Å²) in [7, 11) is -2.62. The Bertz CT molecular complexity index is 754. The molecular formula is C10H9F2N3O4S2. The van der Waals surface area contributed by atoms with Gasteiger partial charge in [-0.3, -0.25) is 9.48 Å². The van der Waals surface area contributed by atoms with Crippen LogP contribution in [0, 0.1) is 0 Å². The van der Waals surface area contributed by atoms with Gasteiger partial charge < -0.3 is 4.74 Å². The van der Waals surface area contributed by atoms with Gasteiger partial charge in [0.15, 0.2) is 0 Å². The maximum absolute atomic E-state index is 12.2. The number of halogens is 2. The Morgan fingerprint density at radius 1 is 1.52 bits per heavy atom. The first-order valence-corrected chi connectivity index (χ1v) is 7.74. The van der Waals surface area contributed by atoms with Crippen molar-refractivity contribution in [2.75, 3.05) is 0 Å². The van der Waals surface area contributed by atoms with Crippen LogP contribution in [0.1, 0.15) is 9.67 Å². The number of aryl methyl sites for hydroxylation is 1. The Kier molecular flexibility index (Phi) is 4.23. The predicted octanol–water partition coefficient (Wildman–Crippen LogP) is 1.20. The molecule has 0 fully saturated rings. The molecule has 0 unspecified atom stereocenters. The summed E-state index contributed by atoms with van der Waals surface area (Å²) in [6.07, 6.45) is 2.25. The SMILES string of the molecule is Cn1cc(S(=O)(=O)NC(=O)c2sccc2OC(F)F)cn1. The Morgan fingerprint density at radius 3 is 2.81 bits per heavy atom. The Morgan fingerprint density at radius 2 is 2.24 bits per heavy atom. The maximum atomic E-state index is 12.2. The number of alkyl halides is 2. The molecule has 114 valence electrons. The number of aromatic nitrogens is 2. The van der Waals surface area contributed by atoms with Crippen LogP contribution in [0.4, 0.5) is 8.78 Å². The molecule has 2 heterocycles. The van der Waals surface area contributed by atoms with Crippen LogP contribution < -0.4 is 9.46 Å². The van der Waals surface area contributed by atoms with Crippen LogP contribution in [0.15, 0.2) is 28.7 Å². The van der Waals surface area contributed by atoms with Crippen molar-refractivity contribution in [3.05, 3.63) is 28.7 Å². The third kappa shape index (κ3) is 3.55. The van der Waals surface area contributed by atoms with Crippen LogP contribution in [0.3, 0.4) is 0 Å². The van der Waals surface area contributed by atoms with Crippen molar-refractivity contribution >= 4 is 27.3 Å². The van der Waals surface area contributed by atoms with Crippen LogP contribution in [0.5, 0.6) is 5.75 Å². The largest absolute Gasteiger partial charge is 0.433 e.